The summed E-state index contributed by atoms with van der Waals surface area (Å²) in [7, 11) is 0. The van der Waals surface area contributed by atoms with Gasteiger partial charge in [0.2, 0.25) is 0 Å². The van der Waals surface area contributed by atoms with Gasteiger partial charge in [-0.3, -0.25) is 4.79 Å². The zero-order valence-electron chi connectivity index (χ0n) is 10.8. The van der Waals surface area contributed by atoms with Gasteiger partial charge in [0.15, 0.2) is 5.78 Å². The van der Waals surface area contributed by atoms with Gasteiger partial charge in [-0.25, -0.2) is 0 Å². The quantitative estimate of drug-likeness (QED) is 0.834. The molecule has 19 heavy (non-hydrogen) atoms. The molecule has 2 aromatic carbocycles. The lowest BCUT2D eigenvalue weighted by molar-refractivity contribution is 0.0966. The van der Waals surface area contributed by atoms with Crippen LogP contribution in [0.4, 0.5) is 0 Å². The lowest BCUT2D eigenvalue weighted by atomic mass is 9.92. The number of phenols is 1. The van der Waals surface area contributed by atoms with Crippen molar-refractivity contribution in [2.75, 3.05) is 0 Å². The van der Waals surface area contributed by atoms with Gasteiger partial charge >= 0.3 is 0 Å². The molecule has 0 amide bonds. The van der Waals surface area contributed by atoms with Crippen molar-refractivity contribution in [2.24, 2.45) is 0 Å². The summed E-state index contributed by atoms with van der Waals surface area (Å²) in [6.07, 6.45) is 1.77. The van der Waals surface area contributed by atoms with E-state index in [1.165, 1.54) is 12.1 Å². The lowest BCUT2D eigenvalue weighted by Crippen LogP contribution is -2.09. The fourth-order valence-electron chi connectivity index (χ4n) is 1.95. The largest absolute Gasteiger partial charge is 0.508 e. The summed E-state index contributed by atoms with van der Waals surface area (Å²) in [6, 6.07) is 14.1. The third-order valence-corrected chi connectivity index (χ3v) is 3.22. The van der Waals surface area contributed by atoms with Crippen molar-refractivity contribution in [2.45, 2.75) is 12.8 Å². The molecule has 1 N–H and O–H groups in total. The van der Waals surface area contributed by atoms with Crippen LogP contribution in [0.25, 0.3) is 6.08 Å². The molecule has 96 valence electrons. The number of hydrogen-bond acceptors (Lipinski definition) is 2. The normalized spacial score (nSPS) is 11.8. The van der Waals surface area contributed by atoms with Gasteiger partial charge in [-0.2, -0.15) is 0 Å². The van der Waals surface area contributed by atoms with Crippen molar-refractivity contribution in [3.8, 4) is 5.75 Å². The van der Waals surface area contributed by atoms with E-state index in [0.717, 1.165) is 11.1 Å². The summed E-state index contributed by atoms with van der Waals surface area (Å²) in [5.74, 6) is 0.00861. The van der Waals surface area contributed by atoms with Crippen LogP contribution in [0.3, 0.4) is 0 Å². The molecule has 0 saturated carbocycles. The van der Waals surface area contributed by atoms with Crippen molar-refractivity contribution >= 4 is 11.9 Å². The van der Waals surface area contributed by atoms with E-state index in [9.17, 15) is 9.90 Å². The second-order valence-corrected chi connectivity index (χ2v) is 4.50. The molecule has 0 spiro atoms. The predicted molar refractivity (Wildman–Crippen MR) is 77.4 cm³/mol. The van der Waals surface area contributed by atoms with Gasteiger partial charge in [0.05, 0.1) is 0 Å². The number of Topliss-reactive ketones (excluding diaryl/α,β-unsaturated/α-hetero) is 1. The minimum Gasteiger partial charge on any atom is -0.508 e. The topological polar surface area (TPSA) is 37.3 Å². The Morgan fingerprint density at radius 1 is 1.11 bits per heavy atom. The van der Waals surface area contributed by atoms with E-state index >= 15 is 0 Å². The van der Waals surface area contributed by atoms with Crippen LogP contribution in [0.2, 0.25) is 0 Å². The number of aromatic hydroxyl groups is 1. The Labute approximate surface area is 113 Å². The first-order valence-electron chi connectivity index (χ1n) is 6.17. The van der Waals surface area contributed by atoms with Crippen molar-refractivity contribution < 1.29 is 9.90 Å². The maximum absolute atomic E-state index is 12.3. The zero-order valence-corrected chi connectivity index (χ0v) is 10.8. The second kappa shape index (κ2) is 5.53. The Morgan fingerprint density at radius 3 is 2.21 bits per heavy atom. The highest BCUT2D eigenvalue weighted by Crippen LogP contribution is 2.22. The average molecular weight is 252 g/mol. The Hall–Kier alpha value is -2.35. The Morgan fingerprint density at radius 2 is 1.68 bits per heavy atom. The predicted octanol–water partition coefficient (Wildman–Crippen LogP) is 4.02. The number of phenolic OH excluding ortho intramolecular Hbond substituents is 1. The summed E-state index contributed by atoms with van der Waals surface area (Å²) >= 11 is 0. The monoisotopic (exact) mass is 252 g/mol. The smallest absolute Gasteiger partial charge is 0.170 e. The van der Waals surface area contributed by atoms with Gasteiger partial charge in [0.25, 0.3) is 0 Å². The van der Waals surface area contributed by atoms with E-state index in [2.05, 4.69) is 6.58 Å². The van der Waals surface area contributed by atoms with Crippen LogP contribution in [0.15, 0.2) is 55.1 Å². The van der Waals surface area contributed by atoms with E-state index in [1.807, 2.05) is 31.2 Å². The molecule has 0 bridgehead atoms. The molecule has 0 fully saturated rings. The van der Waals surface area contributed by atoms with Crippen molar-refractivity contribution in [1.29, 1.82) is 0 Å². The molecule has 2 aromatic rings. The number of hydrogen-bond donors (Lipinski definition) is 1. The molecule has 0 aliphatic heterocycles. The van der Waals surface area contributed by atoms with Gasteiger partial charge < -0.3 is 5.11 Å². The molecule has 1 atom stereocenters. The molecular weight excluding hydrogens is 236 g/mol. The molecule has 0 aromatic heterocycles. The number of carbonyl (C=O) groups is 1. The summed E-state index contributed by atoms with van der Waals surface area (Å²) in [6.45, 7) is 5.59. The molecule has 1 unspecified atom stereocenters. The Bertz CT molecular complexity index is 580. The van der Waals surface area contributed by atoms with Gasteiger partial charge in [-0.05, 0) is 35.4 Å². The summed E-state index contributed by atoms with van der Waals surface area (Å²) < 4.78 is 0. The molecule has 0 heterocycles. The maximum atomic E-state index is 12.3. The highest BCUT2D eigenvalue weighted by molar-refractivity contribution is 6.00. The van der Waals surface area contributed by atoms with Gasteiger partial charge in [0.1, 0.15) is 5.75 Å². The average Bonchev–Trinajstić information content (AvgIpc) is 2.46. The minimum absolute atomic E-state index is 0.0475. The van der Waals surface area contributed by atoms with E-state index in [0.29, 0.717) is 5.56 Å². The van der Waals surface area contributed by atoms with Gasteiger partial charge in [-0.15, -0.1) is 0 Å². The standard InChI is InChI=1S/C17H16O2/c1-3-13-4-6-14(7-5-13)12(2)17(19)15-8-10-16(18)11-9-15/h3-12,18H,1H2,2H3. The van der Waals surface area contributed by atoms with Gasteiger partial charge in [0, 0.05) is 11.5 Å². The summed E-state index contributed by atoms with van der Waals surface area (Å²) in [5, 5.41) is 9.23. The SMILES string of the molecule is C=Cc1ccc(C(C)C(=O)c2ccc(O)cc2)cc1. The highest BCUT2D eigenvalue weighted by Gasteiger charge is 2.16. The van der Waals surface area contributed by atoms with E-state index in [1.54, 1.807) is 18.2 Å². The van der Waals surface area contributed by atoms with E-state index < -0.39 is 0 Å². The molecule has 0 radical (unpaired) electrons. The van der Waals surface area contributed by atoms with Crippen molar-refractivity contribution in [3.63, 3.8) is 0 Å². The number of benzene rings is 2. The zero-order chi connectivity index (χ0) is 13.8. The first-order chi connectivity index (χ1) is 9.11. The van der Waals surface area contributed by atoms with Crippen molar-refractivity contribution in [3.05, 3.63) is 71.8 Å². The fraction of sp³-hybridized carbons (Fsp3) is 0.118. The molecule has 0 aliphatic rings. The molecule has 0 saturated heterocycles. The fourth-order valence-corrected chi connectivity index (χ4v) is 1.95. The molecule has 2 nitrogen and oxygen atoms in total. The van der Waals surface area contributed by atoms with Gasteiger partial charge in [-0.1, -0.05) is 43.8 Å². The van der Waals surface area contributed by atoms with Crippen LogP contribution in [0.5, 0.6) is 5.75 Å². The number of carbonyl (C=O) groups excluding carboxylic acids is 1. The maximum Gasteiger partial charge on any atom is 0.170 e. The van der Waals surface area contributed by atoms with Crippen LogP contribution in [-0.4, -0.2) is 10.9 Å². The van der Waals surface area contributed by atoms with Crippen LogP contribution >= 0.6 is 0 Å². The lowest BCUT2D eigenvalue weighted by Gasteiger charge is -2.11. The number of ketones is 1. The highest BCUT2D eigenvalue weighted by atomic mass is 16.3. The Kier molecular flexibility index (Phi) is 3.81. The van der Waals surface area contributed by atoms with Crippen LogP contribution in [-0.2, 0) is 0 Å². The van der Waals surface area contributed by atoms with Crippen molar-refractivity contribution in [1.82, 2.24) is 0 Å². The van der Waals surface area contributed by atoms with Crippen LogP contribution in [0.1, 0.15) is 34.3 Å². The molecular formula is C17H16O2. The van der Waals surface area contributed by atoms with Crippen LogP contribution in [0, 0.1) is 0 Å². The Balaban J connectivity index is 2.22. The summed E-state index contributed by atoms with van der Waals surface area (Å²) in [5.41, 5.74) is 2.62. The molecule has 2 rings (SSSR count). The molecule has 2 heteroatoms. The first kappa shape index (κ1) is 13.1. The van der Waals surface area contributed by atoms with Crippen LogP contribution < -0.4 is 0 Å². The third-order valence-electron chi connectivity index (χ3n) is 3.22. The second-order valence-electron chi connectivity index (χ2n) is 4.50. The minimum atomic E-state index is -0.205. The number of rotatable bonds is 4. The molecule has 0 aliphatic carbocycles. The van der Waals surface area contributed by atoms with E-state index in [4.69, 9.17) is 0 Å². The van der Waals surface area contributed by atoms with E-state index in [-0.39, 0.29) is 17.5 Å². The first-order valence-corrected chi connectivity index (χ1v) is 6.17. The third kappa shape index (κ3) is 2.91. The summed E-state index contributed by atoms with van der Waals surface area (Å²) in [4.78, 5) is 12.3.